The molecule has 19 heavy (non-hydrogen) atoms. The van der Waals surface area contributed by atoms with Gasteiger partial charge >= 0.3 is 0 Å². The second-order valence-corrected chi connectivity index (χ2v) is 5.75. The molecule has 0 saturated heterocycles. The summed E-state index contributed by atoms with van der Waals surface area (Å²) >= 11 is 0. The van der Waals surface area contributed by atoms with Crippen LogP contribution in [-0.4, -0.2) is 11.2 Å². The Morgan fingerprint density at radius 2 is 1.26 bits per heavy atom. The summed E-state index contributed by atoms with van der Waals surface area (Å²) in [4.78, 5) is 0. The summed E-state index contributed by atoms with van der Waals surface area (Å²) in [7, 11) is 0. The van der Waals surface area contributed by atoms with Gasteiger partial charge in [0.25, 0.3) is 0 Å². The van der Waals surface area contributed by atoms with Gasteiger partial charge < -0.3 is 5.11 Å². The van der Waals surface area contributed by atoms with Gasteiger partial charge in [-0.05, 0) is 19.3 Å². The molecule has 0 aromatic carbocycles. The van der Waals surface area contributed by atoms with Crippen LogP contribution in [0.4, 0.5) is 0 Å². The Morgan fingerprint density at radius 1 is 0.737 bits per heavy atom. The Bertz CT molecular complexity index is 186. The Balaban J connectivity index is 3.15. The van der Waals surface area contributed by atoms with Crippen LogP contribution in [0.2, 0.25) is 0 Å². The first-order valence-electron chi connectivity index (χ1n) is 8.66. The van der Waals surface area contributed by atoms with E-state index in [1.54, 1.807) is 0 Å². The molecule has 0 radical (unpaired) electrons. The number of hydrogen-bond donors (Lipinski definition) is 1. The van der Waals surface area contributed by atoms with Gasteiger partial charge in [0.2, 0.25) is 0 Å². The van der Waals surface area contributed by atoms with E-state index in [0.29, 0.717) is 0 Å². The molecule has 0 aromatic heterocycles. The van der Waals surface area contributed by atoms with Crippen molar-refractivity contribution in [3.05, 3.63) is 12.2 Å². The van der Waals surface area contributed by atoms with Crippen molar-refractivity contribution >= 4 is 0 Å². The molecule has 0 heterocycles. The first-order valence-corrected chi connectivity index (χ1v) is 8.66. The summed E-state index contributed by atoms with van der Waals surface area (Å²) in [6.07, 6.45) is 20.8. The zero-order chi connectivity index (χ0) is 14.2. The molecular formula is C18H36O. The molecule has 0 aliphatic heterocycles. The highest BCUT2D eigenvalue weighted by atomic mass is 16.3. The van der Waals surface area contributed by atoms with Gasteiger partial charge in [-0.3, -0.25) is 0 Å². The summed E-state index contributed by atoms with van der Waals surface area (Å²) in [5.41, 5.74) is 0. The second kappa shape index (κ2) is 15.8. The third-order valence-corrected chi connectivity index (χ3v) is 3.69. The topological polar surface area (TPSA) is 20.2 Å². The van der Waals surface area contributed by atoms with Crippen molar-refractivity contribution in [2.24, 2.45) is 0 Å². The first kappa shape index (κ1) is 18.7. The monoisotopic (exact) mass is 268 g/mol. The van der Waals surface area contributed by atoms with Crippen molar-refractivity contribution in [2.75, 3.05) is 0 Å². The zero-order valence-corrected chi connectivity index (χ0v) is 13.4. The molecule has 1 N–H and O–H groups in total. The number of rotatable bonds is 14. The number of aliphatic hydroxyl groups excluding tert-OH is 1. The third kappa shape index (κ3) is 15.6. The molecular weight excluding hydrogens is 232 g/mol. The van der Waals surface area contributed by atoms with Crippen LogP contribution in [-0.2, 0) is 0 Å². The van der Waals surface area contributed by atoms with E-state index in [1.807, 2.05) is 6.08 Å². The van der Waals surface area contributed by atoms with Crippen molar-refractivity contribution in [2.45, 2.75) is 103 Å². The van der Waals surface area contributed by atoms with Crippen molar-refractivity contribution in [1.29, 1.82) is 0 Å². The molecule has 0 saturated carbocycles. The van der Waals surface area contributed by atoms with E-state index >= 15 is 0 Å². The van der Waals surface area contributed by atoms with E-state index in [-0.39, 0.29) is 6.10 Å². The number of allylic oxidation sites excluding steroid dienone is 1. The molecule has 0 aliphatic rings. The summed E-state index contributed by atoms with van der Waals surface area (Å²) in [5.74, 6) is 0. The quantitative estimate of drug-likeness (QED) is 0.302. The molecule has 114 valence electrons. The molecule has 0 aromatic rings. The standard InChI is InChI=1S/C18H36O/c1-3-5-7-8-9-10-11-12-13-14-15-17-18(19)16-6-4-2/h15,17-19H,3-14,16H2,1-2H3/b17-15+/t18-/m1/s1. The minimum atomic E-state index is -0.210. The molecule has 0 unspecified atom stereocenters. The maximum Gasteiger partial charge on any atom is 0.0720 e. The highest BCUT2D eigenvalue weighted by Crippen LogP contribution is 2.11. The molecule has 0 spiro atoms. The fourth-order valence-corrected chi connectivity index (χ4v) is 2.34. The molecule has 1 nitrogen and oxygen atoms in total. The van der Waals surface area contributed by atoms with Crippen LogP contribution >= 0.6 is 0 Å². The molecule has 0 rings (SSSR count). The Labute approximate surface area is 121 Å². The maximum absolute atomic E-state index is 9.64. The number of unbranched alkanes of at least 4 members (excludes halogenated alkanes) is 10. The minimum Gasteiger partial charge on any atom is -0.389 e. The number of aliphatic hydroxyl groups is 1. The lowest BCUT2D eigenvalue weighted by molar-refractivity contribution is 0.209. The van der Waals surface area contributed by atoms with Crippen molar-refractivity contribution in [3.8, 4) is 0 Å². The van der Waals surface area contributed by atoms with Crippen LogP contribution in [0.3, 0.4) is 0 Å². The Hall–Kier alpha value is -0.300. The maximum atomic E-state index is 9.64. The van der Waals surface area contributed by atoms with Gasteiger partial charge in [-0.25, -0.2) is 0 Å². The SMILES string of the molecule is CCCCCCCCCCC/C=C/[C@H](O)CCCC. The molecule has 0 aliphatic carbocycles. The van der Waals surface area contributed by atoms with E-state index in [9.17, 15) is 5.11 Å². The number of hydrogen-bond acceptors (Lipinski definition) is 1. The fourth-order valence-electron chi connectivity index (χ4n) is 2.34. The van der Waals surface area contributed by atoms with Gasteiger partial charge in [0, 0.05) is 0 Å². The van der Waals surface area contributed by atoms with Crippen LogP contribution in [0.25, 0.3) is 0 Å². The smallest absolute Gasteiger partial charge is 0.0720 e. The summed E-state index contributed by atoms with van der Waals surface area (Å²) in [6, 6.07) is 0. The van der Waals surface area contributed by atoms with Gasteiger partial charge in [-0.15, -0.1) is 0 Å². The van der Waals surface area contributed by atoms with Crippen molar-refractivity contribution < 1.29 is 5.11 Å². The van der Waals surface area contributed by atoms with Crippen LogP contribution in [0, 0.1) is 0 Å². The normalized spacial score (nSPS) is 13.2. The molecule has 1 heteroatoms. The van der Waals surface area contributed by atoms with E-state index < -0.39 is 0 Å². The van der Waals surface area contributed by atoms with Gasteiger partial charge in [-0.2, -0.15) is 0 Å². The van der Waals surface area contributed by atoms with E-state index in [2.05, 4.69) is 19.9 Å². The van der Waals surface area contributed by atoms with Crippen LogP contribution in [0.5, 0.6) is 0 Å². The van der Waals surface area contributed by atoms with E-state index in [4.69, 9.17) is 0 Å². The van der Waals surface area contributed by atoms with Crippen LogP contribution in [0.15, 0.2) is 12.2 Å². The largest absolute Gasteiger partial charge is 0.389 e. The second-order valence-electron chi connectivity index (χ2n) is 5.75. The average Bonchev–Trinajstić information content (AvgIpc) is 2.42. The lowest BCUT2D eigenvalue weighted by atomic mass is 10.1. The highest BCUT2D eigenvalue weighted by molar-refractivity contribution is 4.88. The predicted molar refractivity (Wildman–Crippen MR) is 86.5 cm³/mol. The van der Waals surface area contributed by atoms with Crippen LogP contribution < -0.4 is 0 Å². The predicted octanol–water partition coefficient (Wildman–Crippen LogP) is 6.01. The molecule has 0 fully saturated rings. The van der Waals surface area contributed by atoms with Gasteiger partial charge in [-0.1, -0.05) is 90.2 Å². The summed E-state index contributed by atoms with van der Waals surface area (Å²) < 4.78 is 0. The molecule has 0 bridgehead atoms. The average molecular weight is 268 g/mol. The van der Waals surface area contributed by atoms with Gasteiger partial charge in [0.1, 0.15) is 0 Å². The van der Waals surface area contributed by atoms with E-state index in [1.165, 1.54) is 64.2 Å². The third-order valence-electron chi connectivity index (χ3n) is 3.69. The highest BCUT2D eigenvalue weighted by Gasteiger charge is 1.96. The van der Waals surface area contributed by atoms with Crippen LogP contribution in [0.1, 0.15) is 97.3 Å². The Morgan fingerprint density at radius 3 is 1.84 bits per heavy atom. The van der Waals surface area contributed by atoms with Gasteiger partial charge in [0.15, 0.2) is 0 Å². The van der Waals surface area contributed by atoms with Gasteiger partial charge in [0.05, 0.1) is 6.10 Å². The van der Waals surface area contributed by atoms with Crippen molar-refractivity contribution in [1.82, 2.24) is 0 Å². The lowest BCUT2D eigenvalue weighted by Crippen LogP contribution is -2.00. The molecule has 0 amide bonds. The van der Waals surface area contributed by atoms with E-state index in [0.717, 1.165) is 19.3 Å². The summed E-state index contributed by atoms with van der Waals surface area (Å²) in [6.45, 7) is 4.44. The fraction of sp³-hybridized carbons (Fsp3) is 0.889. The zero-order valence-electron chi connectivity index (χ0n) is 13.4. The Kier molecular flexibility index (Phi) is 15.5. The minimum absolute atomic E-state index is 0.210. The molecule has 1 atom stereocenters. The summed E-state index contributed by atoms with van der Waals surface area (Å²) in [5, 5.41) is 9.64. The van der Waals surface area contributed by atoms with Crippen molar-refractivity contribution in [3.63, 3.8) is 0 Å². The first-order chi connectivity index (χ1) is 9.31. The lowest BCUT2D eigenvalue weighted by Gasteiger charge is -2.03.